The molecule has 1 saturated heterocycles. The molecule has 4 heteroatoms. The lowest BCUT2D eigenvalue weighted by molar-refractivity contribution is -0.154. The third kappa shape index (κ3) is 3.23. The van der Waals surface area contributed by atoms with Crippen LogP contribution in [-0.4, -0.2) is 34.1 Å². The van der Waals surface area contributed by atoms with Gasteiger partial charge >= 0.3 is 5.97 Å². The second kappa shape index (κ2) is 6.27. The van der Waals surface area contributed by atoms with Crippen LogP contribution in [0.25, 0.3) is 0 Å². The third-order valence-corrected chi connectivity index (χ3v) is 4.91. The lowest BCUT2D eigenvalue weighted by Crippen LogP contribution is -2.58. The first kappa shape index (κ1) is 15.5. The van der Waals surface area contributed by atoms with Crippen molar-refractivity contribution in [3.63, 3.8) is 0 Å². The number of halogens is 1. The Morgan fingerprint density at radius 1 is 1.40 bits per heavy atom. The summed E-state index contributed by atoms with van der Waals surface area (Å²) in [5, 5.41) is 9.57. The molecule has 1 fully saturated rings. The third-order valence-electron chi connectivity index (χ3n) is 4.38. The molecule has 1 aromatic rings. The molecule has 0 bridgehead atoms. The number of aliphatic carboxylic acids is 1. The van der Waals surface area contributed by atoms with Crippen molar-refractivity contribution in [2.75, 3.05) is 6.54 Å². The van der Waals surface area contributed by atoms with Crippen LogP contribution in [-0.2, 0) is 11.2 Å². The summed E-state index contributed by atoms with van der Waals surface area (Å²) in [5.41, 5.74) is 0.534. The van der Waals surface area contributed by atoms with Crippen molar-refractivity contribution >= 4 is 21.9 Å². The Morgan fingerprint density at radius 2 is 2.05 bits per heavy atom. The number of likely N-dealkylation sites (tertiary alicyclic amines) is 1. The molecule has 0 aromatic heterocycles. The van der Waals surface area contributed by atoms with Gasteiger partial charge in [-0.15, -0.1) is 0 Å². The standard InChI is InChI=1S/C16H22BrNO2/c1-12(11-13-5-7-14(17)8-6-13)18-10-4-3-9-16(18,2)15(19)20/h5-8,12H,3-4,9-11H2,1-2H3,(H,19,20). The first-order chi connectivity index (χ1) is 9.43. The predicted octanol–water partition coefficient (Wildman–Crippen LogP) is 3.71. The van der Waals surface area contributed by atoms with E-state index in [1.807, 2.05) is 19.1 Å². The fraction of sp³-hybridized carbons (Fsp3) is 0.562. The quantitative estimate of drug-likeness (QED) is 0.908. The van der Waals surface area contributed by atoms with Crippen LogP contribution in [0.5, 0.6) is 0 Å². The van der Waals surface area contributed by atoms with E-state index in [-0.39, 0.29) is 6.04 Å². The molecule has 0 spiro atoms. The summed E-state index contributed by atoms with van der Waals surface area (Å²) in [4.78, 5) is 13.8. The highest BCUT2D eigenvalue weighted by Gasteiger charge is 2.43. The highest BCUT2D eigenvalue weighted by atomic mass is 79.9. The molecule has 110 valence electrons. The van der Waals surface area contributed by atoms with Gasteiger partial charge < -0.3 is 5.11 Å². The number of carboxylic acids is 1. The zero-order valence-electron chi connectivity index (χ0n) is 12.1. The molecule has 0 aliphatic carbocycles. The lowest BCUT2D eigenvalue weighted by atomic mass is 9.86. The van der Waals surface area contributed by atoms with Gasteiger partial charge in [0.1, 0.15) is 5.54 Å². The van der Waals surface area contributed by atoms with Gasteiger partial charge in [-0.1, -0.05) is 28.1 Å². The van der Waals surface area contributed by atoms with Crippen LogP contribution >= 0.6 is 15.9 Å². The molecule has 1 N–H and O–H groups in total. The monoisotopic (exact) mass is 339 g/mol. The Kier molecular flexibility index (Phi) is 4.86. The minimum absolute atomic E-state index is 0.234. The van der Waals surface area contributed by atoms with Crippen LogP contribution < -0.4 is 0 Å². The van der Waals surface area contributed by atoms with E-state index in [2.05, 4.69) is 39.9 Å². The smallest absolute Gasteiger partial charge is 0.323 e. The highest BCUT2D eigenvalue weighted by Crippen LogP contribution is 2.31. The number of piperidine rings is 1. The summed E-state index contributed by atoms with van der Waals surface area (Å²) in [6.45, 7) is 4.88. The molecule has 1 aromatic carbocycles. The van der Waals surface area contributed by atoms with E-state index in [0.717, 1.165) is 36.7 Å². The Morgan fingerprint density at radius 3 is 2.65 bits per heavy atom. The summed E-state index contributed by atoms with van der Waals surface area (Å²) < 4.78 is 1.07. The van der Waals surface area contributed by atoms with Gasteiger partial charge in [0.2, 0.25) is 0 Å². The van der Waals surface area contributed by atoms with Crippen molar-refractivity contribution in [3.05, 3.63) is 34.3 Å². The van der Waals surface area contributed by atoms with Crippen molar-refractivity contribution in [1.29, 1.82) is 0 Å². The van der Waals surface area contributed by atoms with Crippen molar-refractivity contribution in [1.82, 2.24) is 4.90 Å². The average Bonchev–Trinajstić information content (AvgIpc) is 2.41. The van der Waals surface area contributed by atoms with Gasteiger partial charge in [-0.2, -0.15) is 0 Å². The van der Waals surface area contributed by atoms with Crippen molar-refractivity contribution < 1.29 is 9.90 Å². The SMILES string of the molecule is CC(Cc1ccc(Br)cc1)N1CCCCC1(C)C(=O)O. The second-order valence-electron chi connectivity index (χ2n) is 5.91. The normalized spacial score (nSPS) is 25.4. The Balaban J connectivity index is 2.12. The topological polar surface area (TPSA) is 40.5 Å². The molecule has 1 aliphatic rings. The van der Waals surface area contributed by atoms with Gasteiger partial charge in [0, 0.05) is 10.5 Å². The molecule has 0 saturated carbocycles. The van der Waals surface area contributed by atoms with Crippen LogP contribution in [0.3, 0.4) is 0 Å². The van der Waals surface area contributed by atoms with Crippen molar-refractivity contribution in [2.45, 2.75) is 51.1 Å². The largest absolute Gasteiger partial charge is 0.480 e. The summed E-state index contributed by atoms with van der Waals surface area (Å²) in [5.74, 6) is -0.695. The molecule has 2 unspecified atom stereocenters. The maximum atomic E-state index is 11.6. The molecule has 1 aliphatic heterocycles. The fourth-order valence-electron chi connectivity index (χ4n) is 3.15. The number of carboxylic acid groups (broad SMARTS) is 1. The Bertz CT molecular complexity index is 474. The second-order valence-corrected chi connectivity index (χ2v) is 6.82. The van der Waals surface area contributed by atoms with E-state index in [4.69, 9.17) is 0 Å². The van der Waals surface area contributed by atoms with E-state index in [9.17, 15) is 9.90 Å². The zero-order valence-corrected chi connectivity index (χ0v) is 13.7. The highest BCUT2D eigenvalue weighted by molar-refractivity contribution is 9.10. The zero-order chi connectivity index (χ0) is 14.8. The predicted molar refractivity (Wildman–Crippen MR) is 83.9 cm³/mol. The number of carbonyl (C=O) groups is 1. The first-order valence-electron chi connectivity index (χ1n) is 7.18. The maximum Gasteiger partial charge on any atom is 0.323 e. The number of benzene rings is 1. The number of hydrogen-bond acceptors (Lipinski definition) is 2. The summed E-state index contributed by atoms with van der Waals surface area (Å²) in [6.07, 6.45) is 3.72. The van der Waals surface area contributed by atoms with Crippen LogP contribution in [0, 0.1) is 0 Å². The van der Waals surface area contributed by atoms with E-state index < -0.39 is 11.5 Å². The number of nitrogens with zero attached hydrogens (tertiary/aromatic N) is 1. The van der Waals surface area contributed by atoms with E-state index in [0.29, 0.717) is 0 Å². The molecule has 1 heterocycles. The van der Waals surface area contributed by atoms with Gasteiger partial charge in [0.05, 0.1) is 0 Å². The molecule has 0 radical (unpaired) electrons. The minimum Gasteiger partial charge on any atom is -0.480 e. The van der Waals surface area contributed by atoms with Gasteiger partial charge in [-0.25, -0.2) is 0 Å². The van der Waals surface area contributed by atoms with Crippen LogP contribution in [0.4, 0.5) is 0 Å². The van der Waals surface area contributed by atoms with Crippen LogP contribution in [0.2, 0.25) is 0 Å². The van der Waals surface area contributed by atoms with Gasteiger partial charge in [-0.3, -0.25) is 9.69 Å². The minimum atomic E-state index is -0.715. The molecule has 0 amide bonds. The Hall–Kier alpha value is -0.870. The summed E-state index contributed by atoms with van der Waals surface area (Å²) in [6, 6.07) is 8.51. The molecule has 2 rings (SSSR count). The summed E-state index contributed by atoms with van der Waals surface area (Å²) in [7, 11) is 0. The Labute approximate surface area is 129 Å². The van der Waals surface area contributed by atoms with Crippen molar-refractivity contribution in [2.24, 2.45) is 0 Å². The number of rotatable bonds is 4. The van der Waals surface area contributed by atoms with E-state index >= 15 is 0 Å². The lowest BCUT2D eigenvalue weighted by Gasteiger charge is -2.45. The first-order valence-corrected chi connectivity index (χ1v) is 7.97. The van der Waals surface area contributed by atoms with Crippen LogP contribution in [0.15, 0.2) is 28.7 Å². The maximum absolute atomic E-state index is 11.6. The van der Waals surface area contributed by atoms with E-state index in [1.54, 1.807) is 0 Å². The molecule has 3 nitrogen and oxygen atoms in total. The molecule has 2 atom stereocenters. The van der Waals surface area contributed by atoms with Gasteiger partial charge in [0.15, 0.2) is 0 Å². The van der Waals surface area contributed by atoms with Gasteiger partial charge in [0.25, 0.3) is 0 Å². The molecule has 20 heavy (non-hydrogen) atoms. The van der Waals surface area contributed by atoms with Crippen LogP contribution in [0.1, 0.15) is 38.7 Å². The molecular formula is C16H22BrNO2. The number of hydrogen-bond donors (Lipinski definition) is 1. The molecular weight excluding hydrogens is 318 g/mol. The van der Waals surface area contributed by atoms with Gasteiger partial charge in [-0.05, 0) is 63.8 Å². The average molecular weight is 340 g/mol. The summed E-state index contributed by atoms with van der Waals surface area (Å²) >= 11 is 3.44. The van der Waals surface area contributed by atoms with Crippen molar-refractivity contribution in [3.8, 4) is 0 Å². The fourth-order valence-corrected chi connectivity index (χ4v) is 3.41. The van der Waals surface area contributed by atoms with E-state index in [1.165, 1.54) is 5.56 Å².